The third kappa shape index (κ3) is 4.23. The Balaban J connectivity index is 1.68. The van der Waals surface area contributed by atoms with E-state index in [1.165, 1.54) is 4.68 Å². The van der Waals surface area contributed by atoms with Crippen LogP contribution in [0.25, 0.3) is 0 Å². The molecule has 7 nitrogen and oxygen atoms in total. The van der Waals surface area contributed by atoms with Crippen molar-refractivity contribution in [3.05, 3.63) is 46.1 Å². The molecule has 1 aliphatic rings. The highest BCUT2D eigenvalue weighted by atomic mass is 16.5. The second-order valence-corrected chi connectivity index (χ2v) is 7.51. The molecule has 1 amide bonds. The summed E-state index contributed by atoms with van der Waals surface area (Å²) in [6.07, 6.45) is 1.81. The fourth-order valence-corrected chi connectivity index (χ4v) is 3.62. The molecule has 1 unspecified atom stereocenters. The van der Waals surface area contributed by atoms with Crippen molar-refractivity contribution in [1.29, 1.82) is 0 Å². The van der Waals surface area contributed by atoms with Crippen molar-refractivity contribution in [2.24, 2.45) is 7.05 Å². The third-order valence-corrected chi connectivity index (χ3v) is 4.99. The average molecular weight is 372 g/mol. The summed E-state index contributed by atoms with van der Waals surface area (Å²) in [7, 11) is 1.67. The van der Waals surface area contributed by atoms with Crippen LogP contribution in [0.3, 0.4) is 0 Å². The van der Waals surface area contributed by atoms with Crippen LogP contribution in [0.1, 0.15) is 50.0 Å². The molecule has 1 atom stereocenters. The first-order valence-corrected chi connectivity index (χ1v) is 9.49. The van der Waals surface area contributed by atoms with Gasteiger partial charge in [0.25, 0.3) is 5.91 Å². The summed E-state index contributed by atoms with van der Waals surface area (Å²) in [5, 5.41) is 4.45. The first kappa shape index (κ1) is 19.2. The summed E-state index contributed by atoms with van der Waals surface area (Å²) >= 11 is 0. The summed E-state index contributed by atoms with van der Waals surface area (Å²) in [5.41, 5.74) is 0.992. The normalized spacial score (nSPS) is 17.4. The maximum Gasteiger partial charge on any atom is 0.345 e. The molecule has 0 saturated carbocycles. The topological polar surface area (TPSA) is 69.4 Å². The molecule has 2 heterocycles. The smallest absolute Gasteiger partial charge is 0.345 e. The van der Waals surface area contributed by atoms with E-state index in [1.54, 1.807) is 11.6 Å². The van der Waals surface area contributed by atoms with Crippen LogP contribution in [0.2, 0.25) is 0 Å². The van der Waals surface area contributed by atoms with E-state index in [-0.39, 0.29) is 30.2 Å². The van der Waals surface area contributed by atoms with Crippen molar-refractivity contribution in [3.63, 3.8) is 0 Å². The molecule has 1 aromatic carbocycles. The zero-order chi connectivity index (χ0) is 19.6. The summed E-state index contributed by atoms with van der Waals surface area (Å²) in [4.78, 5) is 26.8. The molecule has 0 spiro atoms. The number of hydrogen-bond acceptors (Lipinski definition) is 4. The van der Waals surface area contributed by atoms with Gasteiger partial charge in [0.15, 0.2) is 6.61 Å². The number of aryl methyl sites for hydroxylation is 2. The van der Waals surface area contributed by atoms with Gasteiger partial charge in [-0.3, -0.25) is 9.36 Å². The van der Waals surface area contributed by atoms with E-state index in [0.717, 1.165) is 24.2 Å². The second-order valence-electron chi connectivity index (χ2n) is 7.51. The van der Waals surface area contributed by atoms with Gasteiger partial charge in [-0.2, -0.15) is 5.10 Å². The molecule has 7 heteroatoms. The van der Waals surface area contributed by atoms with Gasteiger partial charge in [-0.25, -0.2) is 9.48 Å². The first-order chi connectivity index (χ1) is 12.9. The Kier molecular flexibility index (Phi) is 5.68. The zero-order valence-electron chi connectivity index (χ0n) is 16.5. The van der Waals surface area contributed by atoms with E-state index in [4.69, 9.17) is 4.74 Å². The van der Waals surface area contributed by atoms with Crippen molar-refractivity contribution in [1.82, 2.24) is 19.2 Å². The molecule has 3 rings (SSSR count). The number of rotatable bonds is 5. The predicted molar refractivity (Wildman–Crippen MR) is 103 cm³/mol. The lowest BCUT2D eigenvalue weighted by molar-refractivity contribution is -0.134. The van der Waals surface area contributed by atoms with E-state index in [9.17, 15) is 9.59 Å². The number of piperidine rings is 1. The molecule has 2 aromatic rings. The lowest BCUT2D eigenvalue weighted by atomic mass is 9.97. The van der Waals surface area contributed by atoms with E-state index < -0.39 is 0 Å². The van der Waals surface area contributed by atoms with E-state index in [1.807, 2.05) is 49.9 Å². The molecule has 0 bridgehead atoms. The van der Waals surface area contributed by atoms with Gasteiger partial charge in [0.05, 0.1) is 0 Å². The number of benzene rings is 1. The van der Waals surface area contributed by atoms with Gasteiger partial charge in [0.1, 0.15) is 11.6 Å². The minimum Gasteiger partial charge on any atom is -0.484 e. The van der Waals surface area contributed by atoms with Crippen molar-refractivity contribution < 1.29 is 9.53 Å². The maximum absolute atomic E-state index is 12.6. The Bertz CT molecular complexity index is 868. The van der Waals surface area contributed by atoms with Crippen molar-refractivity contribution in [2.45, 2.75) is 45.6 Å². The van der Waals surface area contributed by atoms with Crippen molar-refractivity contribution in [2.75, 3.05) is 19.7 Å². The molecule has 1 aromatic heterocycles. The number of hydrogen-bond donors (Lipinski definition) is 0. The van der Waals surface area contributed by atoms with Gasteiger partial charge in [0.2, 0.25) is 0 Å². The summed E-state index contributed by atoms with van der Waals surface area (Å²) in [6.45, 7) is 7.26. The lowest BCUT2D eigenvalue weighted by Gasteiger charge is -2.32. The SMILES string of the molecule is Cc1cccc(OCC(=O)N2CCCC(c3nn(C)c(=O)n3C(C)C)C2)c1. The highest BCUT2D eigenvalue weighted by Gasteiger charge is 2.30. The molecule has 146 valence electrons. The van der Waals surface area contributed by atoms with Crippen LogP contribution < -0.4 is 10.4 Å². The first-order valence-electron chi connectivity index (χ1n) is 9.49. The molecule has 0 N–H and O–H groups in total. The number of nitrogens with zero attached hydrogens (tertiary/aromatic N) is 4. The van der Waals surface area contributed by atoms with Crippen LogP contribution in [-0.2, 0) is 11.8 Å². The van der Waals surface area contributed by atoms with Gasteiger partial charge in [0, 0.05) is 32.1 Å². The highest BCUT2D eigenvalue weighted by Crippen LogP contribution is 2.26. The van der Waals surface area contributed by atoms with E-state index in [2.05, 4.69) is 5.10 Å². The number of carbonyl (C=O) groups excluding carboxylic acids is 1. The van der Waals surface area contributed by atoms with Crippen LogP contribution in [-0.4, -0.2) is 44.9 Å². The van der Waals surface area contributed by atoms with Gasteiger partial charge < -0.3 is 9.64 Å². The quantitative estimate of drug-likeness (QED) is 0.807. The Morgan fingerprint density at radius 2 is 2.15 bits per heavy atom. The molecular formula is C20H28N4O3. The Morgan fingerprint density at radius 1 is 1.37 bits per heavy atom. The lowest BCUT2D eigenvalue weighted by Crippen LogP contribution is -2.42. The second kappa shape index (κ2) is 7.98. The van der Waals surface area contributed by atoms with Crippen LogP contribution in [0.15, 0.2) is 29.1 Å². The molecule has 1 fully saturated rings. The highest BCUT2D eigenvalue weighted by molar-refractivity contribution is 5.78. The number of ether oxygens (including phenoxy) is 1. The summed E-state index contributed by atoms with van der Waals surface area (Å²) in [6, 6.07) is 7.72. The minimum absolute atomic E-state index is 0.0232. The third-order valence-electron chi connectivity index (χ3n) is 4.99. The van der Waals surface area contributed by atoms with Gasteiger partial charge in [-0.15, -0.1) is 0 Å². The van der Waals surface area contributed by atoms with E-state index >= 15 is 0 Å². The number of aromatic nitrogens is 3. The minimum atomic E-state index is -0.105. The fourth-order valence-electron chi connectivity index (χ4n) is 3.62. The van der Waals surface area contributed by atoms with Gasteiger partial charge >= 0.3 is 5.69 Å². The fraction of sp³-hybridized carbons (Fsp3) is 0.550. The summed E-state index contributed by atoms with van der Waals surface area (Å²) < 4.78 is 8.79. The summed E-state index contributed by atoms with van der Waals surface area (Å²) in [5.74, 6) is 1.51. The average Bonchev–Trinajstić information content (AvgIpc) is 2.95. The van der Waals surface area contributed by atoms with Crippen LogP contribution in [0, 0.1) is 6.92 Å². The molecule has 0 aliphatic carbocycles. The number of likely N-dealkylation sites (tertiary alicyclic amines) is 1. The van der Waals surface area contributed by atoms with Gasteiger partial charge in [-0.05, 0) is 51.3 Å². The maximum atomic E-state index is 12.6. The molecule has 1 saturated heterocycles. The van der Waals surface area contributed by atoms with E-state index in [0.29, 0.717) is 18.8 Å². The van der Waals surface area contributed by atoms with Crippen molar-refractivity contribution >= 4 is 5.91 Å². The molecular weight excluding hydrogens is 344 g/mol. The number of carbonyl (C=O) groups is 1. The molecule has 0 radical (unpaired) electrons. The zero-order valence-corrected chi connectivity index (χ0v) is 16.5. The monoisotopic (exact) mass is 372 g/mol. The van der Waals surface area contributed by atoms with Crippen LogP contribution in [0.5, 0.6) is 5.75 Å². The van der Waals surface area contributed by atoms with Crippen LogP contribution in [0.4, 0.5) is 0 Å². The molecule has 1 aliphatic heterocycles. The Hall–Kier alpha value is -2.57. The van der Waals surface area contributed by atoms with Gasteiger partial charge in [-0.1, -0.05) is 12.1 Å². The van der Waals surface area contributed by atoms with Crippen molar-refractivity contribution in [3.8, 4) is 5.75 Å². The largest absolute Gasteiger partial charge is 0.484 e. The molecule has 27 heavy (non-hydrogen) atoms. The van der Waals surface area contributed by atoms with Crippen LogP contribution >= 0.6 is 0 Å². The Morgan fingerprint density at radius 3 is 2.85 bits per heavy atom. The predicted octanol–water partition coefficient (Wildman–Crippen LogP) is 2.26. The number of amides is 1. The Labute approximate surface area is 159 Å². The standard InChI is InChI=1S/C20H28N4O3/c1-14(2)24-19(21-22(4)20(24)26)16-8-6-10-23(12-16)18(25)13-27-17-9-5-7-15(3)11-17/h5,7,9,11,14,16H,6,8,10,12-13H2,1-4H3.